The van der Waals surface area contributed by atoms with E-state index in [1.165, 1.54) is 0 Å². The maximum absolute atomic E-state index is 12.4. The first-order valence-corrected chi connectivity index (χ1v) is 7.41. The number of benzene rings is 1. The topological polar surface area (TPSA) is 73.6 Å². The van der Waals surface area contributed by atoms with E-state index in [2.05, 4.69) is 5.32 Å². The molecule has 5 nitrogen and oxygen atoms in total. The zero-order chi connectivity index (χ0) is 15.2. The van der Waals surface area contributed by atoms with Gasteiger partial charge in [-0.1, -0.05) is 0 Å². The van der Waals surface area contributed by atoms with Gasteiger partial charge in [0.2, 0.25) is 5.91 Å². The highest BCUT2D eigenvalue weighted by Gasteiger charge is 2.26. The fraction of sp³-hybridized carbons (Fsp3) is 0.562. The van der Waals surface area contributed by atoms with E-state index in [1.54, 1.807) is 26.4 Å². The van der Waals surface area contributed by atoms with Gasteiger partial charge in [0.15, 0.2) is 0 Å². The van der Waals surface area contributed by atoms with Crippen LogP contribution in [0.25, 0.3) is 0 Å². The molecular weight excluding hydrogens is 268 g/mol. The van der Waals surface area contributed by atoms with E-state index in [0.717, 1.165) is 32.2 Å². The maximum atomic E-state index is 12.4. The zero-order valence-electron chi connectivity index (χ0n) is 12.7. The summed E-state index contributed by atoms with van der Waals surface area (Å²) in [7, 11) is 3.18. The lowest BCUT2D eigenvalue weighted by Gasteiger charge is -2.27. The zero-order valence-corrected chi connectivity index (χ0v) is 12.7. The Morgan fingerprint density at radius 2 is 1.95 bits per heavy atom. The summed E-state index contributed by atoms with van der Waals surface area (Å²) in [6.07, 6.45) is 3.89. The first-order valence-electron chi connectivity index (χ1n) is 7.41. The standard InChI is InChI=1S/C16H24N2O3/c1-20-13-7-8-14(15(9-13)21-2)18-16(19)12-5-3-11(10-17)4-6-12/h7-9,11-12H,3-6,10,17H2,1-2H3,(H,18,19). The molecule has 0 bridgehead atoms. The molecule has 116 valence electrons. The monoisotopic (exact) mass is 292 g/mol. The number of nitrogens with one attached hydrogen (secondary N) is 1. The van der Waals surface area contributed by atoms with Crippen LogP contribution in [0.15, 0.2) is 18.2 Å². The van der Waals surface area contributed by atoms with Crippen molar-refractivity contribution in [3.8, 4) is 11.5 Å². The van der Waals surface area contributed by atoms with Crippen molar-refractivity contribution in [2.24, 2.45) is 17.6 Å². The first-order chi connectivity index (χ1) is 10.2. The Kier molecular flexibility index (Phi) is 5.44. The fourth-order valence-corrected chi connectivity index (χ4v) is 2.80. The highest BCUT2D eigenvalue weighted by Crippen LogP contribution is 2.32. The predicted molar refractivity (Wildman–Crippen MR) is 82.7 cm³/mol. The average Bonchev–Trinajstić information content (AvgIpc) is 2.55. The van der Waals surface area contributed by atoms with Gasteiger partial charge in [0.25, 0.3) is 0 Å². The summed E-state index contributed by atoms with van der Waals surface area (Å²) in [6.45, 7) is 0.723. The number of carbonyl (C=O) groups is 1. The Labute approximate surface area is 125 Å². The van der Waals surface area contributed by atoms with Crippen molar-refractivity contribution in [3.05, 3.63) is 18.2 Å². The van der Waals surface area contributed by atoms with E-state index in [9.17, 15) is 4.79 Å². The number of anilines is 1. The Bertz CT molecular complexity index is 482. The molecule has 21 heavy (non-hydrogen) atoms. The van der Waals surface area contributed by atoms with Crippen LogP contribution in [0.3, 0.4) is 0 Å². The van der Waals surface area contributed by atoms with E-state index in [1.807, 2.05) is 6.07 Å². The number of ether oxygens (including phenoxy) is 2. The Morgan fingerprint density at radius 1 is 1.24 bits per heavy atom. The van der Waals surface area contributed by atoms with Crippen molar-refractivity contribution in [2.75, 3.05) is 26.1 Å². The van der Waals surface area contributed by atoms with Crippen LogP contribution in [-0.2, 0) is 4.79 Å². The molecule has 0 radical (unpaired) electrons. The molecular formula is C16H24N2O3. The second-order valence-electron chi connectivity index (χ2n) is 5.51. The minimum atomic E-state index is 0.0638. The lowest BCUT2D eigenvalue weighted by Crippen LogP contribution is -2.29. The summed E-state index contributed by atoms with van der Waals surface area (Å²) in [6, 6.07) is 5.38. The molecule has 0 heterocycles. The van der Waals surface area contributed by atoms with Gasteiger partial charge >= 0.3 is 0 Å². The van der Waals surface area contributed by atoms with Gasteiger partial charge in [-0.3, -0.25) is 4.79 Å². The number of methoxy groups -OCH3 is 2. The third-order valence-corrected chi connectivity index (χ3v) is 4.22. The number of carbonyl (C=O) groups excluding carboxylic acids is 1. The van der Waals surface area contributed by atoms with Crippen LogP contribution in [0.2, 0.25) is 0 Å². The Balaban J connectivity index is 1.99. The molecule has 0 unspecified atom stereocenters. The minimum absolute atomic E-state index is 0.0638. The van der Waals surface area contributed by atoms with Crippen LogP contribution in [0.5, 0.6) is 11.5 Å². The summed E-state index contributed by atoms with van der Waals surface area (Å²) in [4.78, 5) is 12.4. The SMILES string of the molecule is COc1ccc(NC(=O)C2CCC(CN)CC2)c(OC)c1. The summed E-state index contributed by atoms with van der Waals surface area (Å²) in [5, 5.41) is 2.96. The Morgan fingerprint density at radius 3 is 2.52 bits per heavy atom. The molecule has 1 aromatic carbocycles. The number of amides is 1. The quantitative estimate of drug-likeness (QED) is 0.874. The van der Waals surface area contributed by atoms with Gasteiger partial charge in [0.05, 0.1) is 19.9 Å². The molecule has 0 spiro atoms. The molecule has 0 aromatic heterocycles. The van der Waals surface area contributed by atoms with Crippen LogP contribution in [0, 0.1) is 11.8 Å². The first kappa shape index (κ1) is 15.6. The van der Waals surface area contributed by atoms with Crippen LogP contribution in [0.4, 0.5) is 5.69 Å². The summed E-state index contributed by atoms with van der Waals surface area (Å²) >= 11 is 0. The van der Waals surface area contributed by atoms with Gasteiger partial charge in [-0.25, -0.2) is 0 Å². The van der Waals surface area contributed by atoms with Gasteiger partial charge < -0.3 is 20.5 Å². The van der Waals surface area contributed by atoms with E-state index in [4.69, 9.17) is 15.2 Å². The predicted octanol–water partition coefficient (Wildman–Crippen LogP) is 2.41. The van der Waals surface area contributed by atoms with Crippen LogP contribution in [-0.4, -0.2) is 26.7 Å². The largest absolute Gasteiger partial charge is 0.497 e. The van der Waals surface area contributed by atoms with Gasteiger partial charge in [-0.15, -0.1) is 0 Å². The molecule has 1 amide bonds. The smallest absolute Gasteiger partial charge is 0.227 e. The normalized spacial score (nSPS) is 21.7. The molecule has 1 saturated carbocycles. The van der Waals surface area contributed by atoms with Crippen molar-refractivity contribution >= 4 is 11.6 Å². The van der Waals surface area contributed by atoms with Crippen LogP contribution >= 0.6 is 0 Å². The van der Waals surface area contributed by atoms with Crippen molar-refractivity contribution in [3.63, 3.8) is 0 Å². The molecule has 1 aliphatic rings. The molecule has 5 heteroatoms. The summed E-state index contributed by atoms with van der Waals surface area (Å²) in [5.41, 5.74) is 6.37. The third-order valence-electron chi connectivity index (χ3n) is 4.22. The molecule has 0 aliphatic heterocycles. The summed E-state index contributed by atoms with van der Waals surface area (Å²) in [5.74, 6) is 2.02. The van der Waals surface area contributed by atoms with E-state index >= 15 is 0 Å². The van der Waals surface area contributed by atoms with Crippen molar-refractivity contribution in [1.82, 2.24) is 0 Å². The van der Waals surface area contributed by atoms with Crippen molar-refractivity contribution in [2.45, 2.75) is 25.7 Å². The average molecular weight is 292 g/mol. The molecule has 3 N–H and O–H groups in total. The number of nitrogens with two attached hydrogens (primary N) is 1. The Hall–Kier alpha value is -1.75. The highest BCUT2D eigenvalue weighted by atomic mass is 16.5. The molecule has 1 aliphatic carbocycles. The van der Waals surface area contributed by atoms with Crippen LogP contribution < -0.4 is 20.5 Å². The lowest BCUT2D eigenvalue weighted by molar-refractivity contribution is -0.121. The van der Waals surface area contributed by atoms with Crippen LogP contribution in [0.1, 0.15) is 25.7 Å². The molecule has 0 saturated heterocycles. The third kappa shape index (κ3) is 3.88. The van der Waals surface area contributed by atoms with Gasteiger partial charge in [0.1, 0.15) is 11.5 Å². The number of rotatable bonds is 5. The number of hydrogen-bond donors (Lipinski definition) is 2. The second kappa shape index (κ2) is 7.31. The minimum Gasteiger partial charge on any atom is -0.497 e. The maximum Gasteiger partial charge on any atom is 0.227 e. The lowest BCUT2D eigenvalue weighted by atomic mass is 9.81. The highest BCUT2D eigenvalue weighted by molar-refractivity contribution is 5.94. The van der Waals surface area contributed by atoms with Gasteiger partial charge in [0, 0.05) is 12.0 Å². The molecule has 1 aromatic rings. The molecule has 2 rings (SSSR count). The summed E-state index contributed by atoms with van der Waals surface area (Å²) < 4.78 is 10.5. The van der Waals surface area contributed by atoms with Crippen molar-refractivity contribution < 1.29 is 14.3 Å². The van der Waals surface area contributed by atoms with Gasteiger partial charge in [-0.2, -0.15) is 0 Å². The molecule has 1 fully saturated rings. The van der Waals surface area contributed by atoms with E-state index in [-0.39, 0.29) is 11.8 Å². The molecule has 0 atom stereocenters. The number of hydrogen-bond acceptors (Lipinski definition) is 4. The van der Waals surface area contributed by atoms with Crippen molar-refractivity contribution in [1.29, 1.82) is 0 Å². The fourth-order valence-electron chi connectivity index (χ4n) is 2.80. The van der Waals surface area contributed by atoms with Gasteiger partial charge in [-0.05, 0) is 50.3 Å². The van der Waals surface area contributed by atoms with E-state index in [0.29, 0.717) is 23.1 Å². The second-order valence-corrected chi connectivity index (χ2v) is 5.51. The van der Waals surface area contributed by atoms with E-state index < -0.39 is 0 Å².